The van der Waals surface area contributed by atoms with E-state index in [-0.39, 0.29) is 34.0 Å². The Morgan fingerprint density at radius 2 is 2.11 bits per heavy atom. The van der Waals surface area contributed by atoms with Crippen LogP contribution in [0, 0.1) is 23.1 Å². The second-order valence-corrected chi connectivity index (χ2v) is 8.47. The zero-order chi connectivity index (χ0) is 20.5. The lowest BCUT2D eigenvalue weighted by Gasteiger charge is -2.12. The van der Waals surface area contributed by atoms with Crippen molar-refractivity contribution in [2.24, 2.45) is 5.92 Å². The van der Waals surface area contributed by atoms with E-state index in [9.17, 15) is 17.6 Å². The predicted octanol–water partition coefficient (Wildman–Crippen LogP) is 3.20. The molecule has 144 valence electrons. The lowest BCUT2D eigenvalue weighted by Crippen LogP contribution is -2.21. The number of anilines is 1. The first-order valence-corrected chi connectivity index (χ1v) is 10.1. The highest BCUT2D eigenvalue weighted by molar-refractivity contribution is 7.92. The smallest absolute Gasteiger partial charge is 0.233 e. The topological polar surface area (TPSA) is 116 Å². The van der Waals surface area contributed by atoms with Crippen LogP contribution in [0.25, 0.3) is 11.0 Å². The van der Waals surface area contributed by atoms with Gasteiger partial charge in [-0.2, -0.15) is 5.26 Å². The zero-order valence-corrected chi connectivity index (χ0v) is 16.0. The number of ketones is 1. The third-order valence-electron chi connectivity index (χ3n) is 3.97. The molecule has 0 radical (unpaired) electrons. The van der Waals surface area contributed by atoms with E-state index < -0.39 is 21.6 Å². The predicted molar refractivity (Wildman–Crippen MR) is 103 cm³/mol. The minimum absolute atomic E-state index is 0.140. The van der Waals surface area contributed by atoms with E-state index in [1.165, 1.54) is 36.7 Å². The summed E-state index contributed by atoms with van der Waals surface area (Å²) in [6, 6.07) is 7.36. The van der Waals surface area contributed by atoms with E-state index in [1.807, 2.05) is 6.07 Å². The summed E-state index contributed by atoms with van der Waals surface area (Å²) in [7, 11) is -3.75. The largest absolute Gasteiger partial charge is 0.345 e. The SMILES string of the molecule is CC(C)CS(=O)(=O)Nc1cccc(C(=O)c2c[nH]c3ncc(C#N)cc23)c1F. The van der Waals surface area contributed by atoms with E-state index in [0.29, 0.717) is 11.0 Å². The third-order valence-corrected chi connectivity index (χ3v) is 5.60. The highest BCUT2D eigenvalue weighted by Gasteiger charge is 2.22. The first kappa shape index (κ1) is 19.5. The number of H-pyrrole nitrogens is 1. The maximum absolute atomic E-state index is 14.9. The molecule has 28 heavy (non-hydrogen) atoms. The number of aromatic amines is 1. The zero-order valence-electron chi connectivity index (χ0n) is 15.2. The van der Waals surface area contributed by atoms with Crippen LogP contribution in [0.1, 0.15) is 35.3 Å². The van der Waals surface area contributed by atoms with E-state index in [1.54, 1.807) is 13.8 Å². The molecule has 0 fully saturated rings. The van der Waals surface area contributed by atoms with Crippen LogP contribution in [-0.2, 0) is 10.0 Å². The van der Waals surface area contributed by atoms with Gasteiger partial charge in [0.05, 0.1) is 22.6 Å². The minimum atomic E-state index is -3.75. The van der Waals surface area contributed by atoms with Crippen molar-refractivity contribution in [1.82, 2.24) is 9.97 Å². The van der Waals surface area contributed by atoms with Gasteiger partial charge in [0.15, 0.2) is 11.6 Å². The summed E-state index contributed by atoms with van der Waals surface area (Å²) >= 11 is 0. The van der Waals surface area contributed by atoms with Crippen molar-refractivity contribution in [3.63, 3.8) is 0 Å². The Morgan fingerprint density at radius 1 is 1.36 bits per heavy atom. The maximum Gasteiger partial charge on any atom is 0.233 e. The van der Waals surface area contributed by atoms with Crippen LogP contribution in [0.4, 0.5) is 10.1 Å². The molecular formula is C19H17FN4O3S. The average Bonchev–Trinajstić information content (AvgIpc) is 3.04. The summed E-state index contributed by atoms with van der Waals surface area (Å²) in [5.74, 6) is -1.92. The van der Waals surface area contributed by atoms with E-state index in [4.69, 9.17) is 5.26 Å². The van der Waals surface area contributed by atoms with Crippen molar-refractivity contribution < 1.29 is 17.6 Å². The lowest BCUT2D eigenvalue weighted by molar-refractivity contribution is 0.103. The third kappa shape index (κ3) is 3.87. The van der Waals surface area contributed by atoms with Gasteiger partial charge in [-0.1, -0.05) is 19.9 Å². The molecule has 3 aromatic rings. The van der Waals surface area contributed by atoms with Crippen LogP contribution in [0.15, 0.2) is 36.7 Å². The first-order valence-electron chi connectivity index (χ1n) is 8.42. The normalized spacial score (nSPS) is 11.5. The van der Waals surface area contributed by atoms with Crippen molar-refractivity contribution >= 4 is 32.5 Å². The molecule has 0 atom stereocenters. The van der Waals surface area contributed by atoms with Crippen LogP contribution >= 0.6 is 0 Å². The molecule has 0 bridgehead atoms. The minimum Gasteiger partial charge on any atom is -0.345 e. The van der Waals surface area contributed by atoms with Crippen molar-refractivity contribution in [2.45, 2.75) is 13.8 Å². The Bertz CT molecular complexity index is 1210. The van der Waals surface area contributed by atoms with Gasteiger partial charge in [0.25, 0.3) is 0 Å². The van der Waals surface area contributed by atoms with Crippen LogP contribution in [0.2, 0.25) is 0 Å². The number of nitrogens with one attached hydrogen (secondary N) is 2. The molecule has 9 heteroatoms. The fourth-order valence-corrected chi connectivity index (χ4v) is 4.29. The van der Waals surface area contributed by atoms with Crippen LogP contribution in [-0.4, -0.2) is 29.9 Å². The Morgan fingerprint density at radius 3 is 2.79 bits per heavy atom. The van der Waals surface area contributed by atoms with Crippen molar-refractivity contribution in [1.29, 1.82) is 5.26 Å². The van der Waals surface area contributed by atoms with E-state index in [0.717, 1.165) is 0 Å². The molecule has 0 unspecified atom stereocenters. The molecule has 2 heterocycles. The Balaban J connectivity index is 2.01. The van der Waals surface area contributed by atoms with Gasteiger partial charge in [-0.3, -0.25) is 9.52 Å². The quantitative estimate of drug-likeness (QED) is 0.617. The second kappa shape index (κ2) is 7.40. The molecule has 7 nitrogen and oxygen atoms in total. The molecule has 2 aromatic heterocycles. The fraction of sp³-hybridized carbons (Fsp3) is 0.211. The van der Waals surface area contributed by atoms with Crippen LogP contribution in [0.5, 0.6) is 0 Å². The highest BCUT2D eigenvalue weighted by Crippen LogP contribution is 2.25. The molecule has 3 rings (SSSR count). The lowest BCUT2D eigenvalue weighted by atomic mass is 10.0. The number of halogens is 1. The molecule has 0 aliphatic rings. The van der Waals surface area contributed by atoms with Crippen molar-refractivity contribution in [2.75, 3.05) is 10.5 Å². The molecular weight excluding hydrogens is 383 g/mol. The number of hydrogen-bond acceptors (Lipinski definition) is 5. The Hall–Kier alpha value is -3.25. The molecule has 0 spiro atoms. The number of carbonyl (C=O) groups is 1. The van der Waals surface area contributed by atoms with Gasteiger partial charge >= 0.3 is 0 Å². The van der Waals surface area contributed by atoms with Gasteiger partial charge in [0.2, 0.25) is 10.0 Å². The number of carbonyl (C=O) groups excluding carboxylic acids is 1. The molecule has 0 aliphatic heterocycles. The molecule has 0 saturated carbocycles. The Labute approximate surface area is 161 Å². The number of rotatable bonds is 6. The van der Waals surface area contributed by atoms with Crippen molar-refractivity contribution in [3.8, 4) is 6.07 Å². The summed E-state index contributed by atoms with van der Waals surface area (Å²) < 4.78 is 41.3. The summed E-state index contributed by atoms with van der Waals surface area (Å²) in [6.07, 6.45) is 2.74. The summed E-state index contributed by atoms with van der Waals surface area (Å²) in [5.41, 5.74) is 0.212. The summed E-state index contributed by atoms with van der Waals surface area (Å²) in [6.45, 7) is 3.46. The maximum atomic E-state index is 14.9. The van der Waals surface area contributed by atoms with Crippen molar-refractivity contribution in [3.05, 3.63) is 59.2 Å². The number of benzene rings is 1. The number of aromatic nitrogens is 2. The molecule has 1 aromatic carbocycles. The number of nitriles is 1. The van der Waals surface area contributed by atoms with Gasteiger partial charge in [-0.15, -0.1) is 0 Å². The summed E-state index contributed by atoms with van der Waals surface area (Å²) in [4.78, 5) is 19.7. The van der Waals surface area contributed by atoms with Crippen LogP contribution < -0.4 is 4.72 Å². The van der Waals surface area contributed by atoms with Gasteiger partial charge in [-0.05, 0) is 24.1 Å². The van der Waals surface area contributed by atoms with E-state index >= 15 is 0 Å². The average molecular weight is 400 g/mol. The van der Waals surface area contributed by atoms with Gasteiger partial charge in [-0.25, -0.2) is 17.8 Å². The second-order valence-electron chi connectivity index (χ2n) is 6.71. The van der Waals surface area contributed by atoms with Gasteiger partial charge in [0, 0.05) is 23.3 Å². The molecule has 0 amide bonds. The monoisotopic (exact) mass is 400 g/mol. The van der Waals surface area contributed by atoms with Gasteiger partial charge in [0.1, 0.15) is 11.7 Å². The van der Waals surface area contributed by atoms with Crippen LogP contribution in [0.3, 0.4) is 0 Å². The molecule has 0 saturated heterocycles. The highest BCUT2D eigenvalue weighted by atomic mass is 32.2. The van der Waals surface area contributed by atoms with Gasteiger partial charge < -0.3 is 4.98 Å². The number of pyridine rings is 1. The standard InChI is InChI=1S/C19H17FN4O3S/c1-11(2)10-28(26,27)24-16-5-3-4-13(17(16)20)18(25)15-9-23-19-14(15)6-12(7-21)8-22-19/h3-6,8-9,11,24H,10H2,1-2H3,(H,22,23). The molecule has 0 aliphatic carbocycles. The molecule has 2 N–H and O–H groups in total. The Kier molecular flexibility index (Phi) is 5.16. The van der Waals surface area contributed by atoms with E-state index in [2.05, 4.69) is 14.7 Å². The first-order chi connectivity index (χ1) is 13.2. The summed E-state index contributed by atoms with van der Waals surface area (Å²) in [5, 5.41) is 9.41. The number of fused-ring (bicyclic) bond motifs is 1. The number of nitrogens with zero attached hydrogens (tertiary/aromatic N) is 2. The number of hydrogen-bond donors (Lipinski definition) is 2. The fourth-order valence-electron chi connectivity index (χ4n) is 2.83. The number of sulfonamides is 1.